The highest BCUT2D eigenvalue weighted by Crippen LogP contribution is 2.21. The third kappa shape index (κ3) is 4.45. The molecule has 0 spiro atoms. The minimum absolute atomic E-state index is 0.0921. The number of sulfonamides is 1. The zero-order valence-electron chi connectivity index (χ0n) is 14.5. The highest BCUT2D eigenvalue weighted by Gasteiger charge is 2.28. The van der Waals surface area contributed by atoms with E-state index < -0.39 is 21.7 Å². The molecule has 1 aromatic rings. The van der Waals surface area contributed by atoms with E-state index in [9.17, 15) is 17.6 Å². The van der Waals surface area contributed by atoms with E-state index in [4.69, 9.17) is 4.74 Å². The number of morpholine rings is 1. The van der Waals surface area contributed by atoms with E-state index in [1.54, 1.807) is 13.8 Å². The average Bonchev–Trinajstić information content (AvgIpc) is 2.60. The van der Waals surface area contributed by atoms with Gasteiger partial charge in [-0.3, -0.25) is 4.79 Å². The average molecular weight is 370 g/mol. The molecule has 1 fully saturated rings. The number of carbonyl (C=O) groups is 1. The van der Waals surface area contributed by atoms with Crippen molar-refractivity contribution in [2.24, 2.45) is 0 Å². The predicted molar refractivity (Wildman–Crippen MR) is 92.4 cm³/mol. The molecule has 0 N–H and O–H groups in total. The molecule has 1 amide bonds. The van der Waals surface area contributed by atoms with Crippen LogP contribution in [0.2, 0.25) is 0 Å². The van der Waals surface area contributed by atoms with Crippen molar-refractivity contribution in [3.05, 3.63) is 41.7 Å². The summed E-state index contributed by atoms with van der Waals surface area (Å²) in [5.41, 5.74) is 0.505. The van der Waals surface area contributed by atoms with E-state index in [-0.39, 0.29) is 30.1 Å². The van der Waals surface area contributed by atoms with Crippen molar-refractivity contribution in [3.8, 4) is 0 Å². The van der Waals surface area contributed by atoms with Crippen molar-refractivity contribution < 1.29 is 22.3 Å². The molecule has 1 heterocycles. The highest BCUT2D eigenvalue weighted by atomic mass is 32.2. The van der Waals surface area contributed by atoms with Crippen LogP contribution in [0.25, 0.3) is 0 Å². The van der Waals surface area contributed by atoms with E-state index in [2.05, 4.69) is 6.58 Å². The number of carbonyl (C=O) groups excluding carboxylic acids is 1. The number of likely N-dealkylation sites (N-methyl/N-ethyl adjacent to an activating group) is 1. The van der Waals surface area contributed by atoms with Crippen LogP contribution in [0, 0.1) is 5.82 Å². The number of amides is 1. The molecular formula is C17H23FN2O4S. The van der Waals surface area contributed by atoms with Gasteiger partial charge in [0.15, 0.2) is 0 Å². The van der Waals surface area contributed by atoms with Crippen molar-refractivity contribution in [1.29, 1.82) is 0 Å². The lowest BCUT2D eigenvalue weighted by molar-refractivity contribution is 0.0730. The van der Waals surface area contributed by atoms with Crippen molar-refractivity contribution >= 4 is 15.9 Å². The molecule has 138 valence electrons. The van der Waals surface area contributed by atoms with Crippen LogP contribution >= 0.6 is 0 Å². The number of benzene rings is 1. The largest absolute Gasteiger partial charge is 0.379 e. The lowest BCUT2D eigenvalue weighted by Gasteiger charge is -2.26. The van der Waals surface area contributed by atoms with Gasteiger partial charge in [-0.05, 0) is 32.0 Å². The molecule has 1 aliphatic rings. The normalized spacial score (nSPS) is 15.8. The van der Waals surface area contributed by atoms with E-state index in [1.165, 1.54) is 15.3 Å². The molecule has 0 unspecified atom stereocenters. The molecule has 0 saturated carbocycles. The Balaban J connectivity index is 2.36. The van der Waals surface area contributed by atoms with Gasteiger partial charge in [0.2, 0.25) is 10.0 Å². The summed E-state index contributed by atoms with van der Waals surface area (Å²) in [6.45, 7) is 9.05. The van der Waals surface area contributed by atoms with Crippen LogP contribution in [0.3, 0.4) is 0 Å². The molecule has 0 aromatic heterocycles. The SMILES string of the molecule is C=C(C)CN(CC)C(=O)c1cc(S(=O)(=O)N2CCOCC2)ccc1F. The van der Waals surface area contributed by atoms with Crippen molar-refractivity contribution in [2.45, 2.75) is 18.7 Å². The minimum atomic E-state index is -3.79. The maximum absolute atomic E-state index is 14.2. The second kappa shape index (κ2) is 8.07. The fraction of sp³-hybridized carbons (Fsp3) is 0.471. The highest BCUT2D eigenvalue weighted by molar-refractivity contribution is 7.89. The Hall–Kier alpha value is -1.77. The summed E-state index contributed by atoms with van der Waals surface area (Å²) in [6, 6.07) is 3.32. The number of nitrogens with zero attached hydrogens (tertiary/aromatic N) is 2. The first kappa shape index (κ1) is 19.6. The molecule has 0 radical (unpaired) electrons. The second-order valence-electron chi connectivity index (χ2n) is 5.93. The van der Waals surface area contributed by atoms with Crippen LogP contribution in [0.4, 0.5) is 4.39 Å². The molecular weight excluding hydrogens is 347 g/mol. The second-order valence-corrected chi connectivity index (χ2v) is 7.87. The molecule has 0 atom stereocenters. The Morgan fingerprint density at radius 1 is 1.36 bits per heavy atom. The van der Waals surface area contributed by atoms with Gasteiger partial charge in [-0.25, -0.2) is 12.8 Å². The predicted octanol–water partition coefficient (Wildman–Crippen LogP) is 1.88. The molecule has 25 heavy (non-hydrogen) atoms. The monoisotopic (exact) mass is 370 g/mol. The summed E-state index contributed by atoms with van der Waals surface area (Å²) >= 11 is 0. The van der Waals surface area contributed by atoms with Crippen LogP contribution < -0.4 is 0 Å². The van der Waals surface area contributed by atoms with Crippen LogP contribution in [0.5, 0.6) is 0 Å². The Bertz CT molecular complexity index is 758. The molecule has 1 aromatic carbocycles. The Morgan fingerprint density at radius 2 is 2.00 bits per heavy atom. The van der Waals surface area contributed by atoms with Gasteiger partial charge in [-0.2, -0.15) is 4.31 Å². The fourth-order valence-corrected chi connectivity index (χ4v) is 4.02. The van der Waals surface area contributed by atoms with Gasteiger partial charge in [0, 0.05) is 26.2 Å². The molecule has 0 bridgehead atoms. The van der Waals surface area contributed by atoms with Crippen LogP contribution in [0.1, 0.15) is 24.2 Å². The topological polar surface area (TPSA) is 66.9 Å². The maximum Gasteiger partial charge on any atom is 0.257 e. The smallest absolute Gasteiger partial charge is 0.257 e. The van der Waals surface area contributed by atoms with E-state index in [0.717, 1.165) is 17.7 Å². The van der Waals surface area contributed by atoms with Crippen LogP contribution in [0.15, 0.2) is 35.2 Å². The Labute approximate surface area is 147 Å². The Kier molecular flexibility index (Phi) is 6.31. The lowest BCUT2D eigenvalue weighted by atomic mass is 10.1. The quantitative estimate of drug-likeness (QED) is 0.717. The fourth-order valence-electron chi connectivity index (χ4n) is 2.59. The zero-order valence-corrected chi connectivity index (χ0v) is 15.3. The summed E-state index contributed by atoms with van der Waals surface area (Å²) < 4.78 is 46.0. The number of rotatable bonds is 6. The molecule has 0 aliphatic carbocycles. The first-order valence-electron chi connectivity index (χ1n) is 8.08. The van der Waals surface area contributed by atoms with Gasteiger partial charge in [0.25, 0.3) is 5.91 Å². The summed E-state index contributed by atoms with van der Waals surface area (Å²) in [4.78, 5) is 13.9. The third-order valence-electron chi connectivity index (χ3n) is 3.91. The number of hydrogen-bond acceptors (Lipinski definition) is 4. The van der Waals surface area contributed by atoms with Crippen molar-refractivity contribution in [2.75, 3.05) is 39.4 Å². The Morgan fingerprint density at radius 3 is 2.56 bits per heavy atom. The number of hydrogen-bond donors (Lipinski definition) is 0. The standard InChI is InChI=1S/C17H23FN2O4S/c1-4-19(12-13(2)3)17(21)15-11-14(5-6-16(15)18)25(22,23)20-7-9-24-10-8-20/h5-6,11H,2,4,7-10,12H2,1,3H3. The van der Waals surface area contributed by atoms with Crippen molar-refractivity contribution in [1.82, 2.24) is 9.21 Å². The molecule has 1 aliphatic heterocycles. The van der Waals surface area contributed by atoms with E-state index in [0.29, 0.717) is 19.8 Å². The maximum atomic E-state index is 14.2. The summed E-state index contributed by atoms with van der Waals surface area (Å²) in [6.07, 6.45) is 0. The van der Waals surface area contributed by atoms with Gasteiger partial charge in [-0.15, -0.1) is 0 Å². The molecule has 1 saturated heterocycles. The van der Waals surface area contributed by atoms with Crippen LogP contribution in [-0.2, 0) is 14.8 Å². The van der Waals surface area contributed by atoms with Crippen molar-refractivity contribution in [3.63, 3.8) is 0 Å². The summed E-state index contributed by atoms with van der Waals surface area (Å²) in [7, 11) is -3.79. The molecule has 6 nitrogen and oxygen atoms in total. The zero-order chi connectivity index (χ0) is 18.6. The third-order valence-corrected chi connectivity index (χ3v) is 5.80. The minimum Gasteiger partial charge on any atom is -0.379 e. The van der Waals surface area contributed by atoms with Gasteiger partial charge < -0.3 is 9.64 Å². The summed E-state index contributed by atoms with van der Waals surface area (Å²) in [5.74, 6) is -1.30. The van der Waals surface area contributed by atoms with E-state index in [1.807, 2.05) is 0 Å². The van der Waals surface area contributed by atoms with Gasteiger partial charge >= 0.3 is 0 Å². The number of halogens is 1. The lowest BCUT2D eigenvalue weighted by Crippen LogP contribution is -2.40. The van der Waals surface area contributed by atoms with Gasteiger partial charge in [-0.1, -0.05) is 12.2 Å². The van der Waals surface area contributed by atoms with Gasteiger partial charge in [0.1, 0.15) is 5.82 Å². The van der Waals surface area contributed by atoms with E-state index >= 15 is 0 Å². The molecule has 2 rings (SSSR count). The first-order chi connectivity index (χ1) is 11.8. The number of ether oxygens (including phenoxy) is 1. The van der Waals surface area contributed by atoms with Crippen LogP contribution in [-0.4, -0.2) is 62.9 Å². The summed E-state index contributed by atoms with van der Waals surface area (Å²) in [5, 5.41) is 0. The first-order valence-corrected chi connectivity index (χ1v) is 9.52. The molecule has 8 heteroatoms. The van der Waals surface area contributed by atoms with Gasteiger partial charge in [0.05, 0.1) is 23.7 Å².